The monoisotopic (exact) mass is 939 g/mol. The summed E-state index contributed by atoms with van der Waals surface area (Å²) in [6.45, 7) is -0.917. The number of aromatic hydroxyl groups is 1. The molecule has 7 N–H and O–H groups in total. The van der Waals surface area contributed by atoms with Crippen LogP contribution in [-0.2, 0) is 64.9 Å². The van der Waals surface area contributed by atoms with Crippen molar-refractivity contribution in [1.29, 1.82) is 0 Å². The Morgan fingerprint density at radius 1 is 0.576 bits per heavy atom. The highest BCUT2D eigenvalue weighted by atomic mass is 32.3. The largest absolute Gasteiger partial charge is 0.505 e. The normalized spacial score (nSPS) is 13.5. The van der Waals surface area contributed by atoms with Gasteiger partial charge in [0.2, 0.25) is 0 Å². The van der Waals surface area contributed by atoms with E-state index in [4.69, 9.17) is 4.55 Å². The summed E-state index contributed by atoms with van der Waals surface area (Å²) in [4.78, 5) is -3.39. The molecule has 0 unspecified atom stereocenters. The number of rotatable bonds is 15. The lowest BCUT2D eigenvalue weighted by molar-refractivity contribution is 0.284. The molecule has 5 rings (SSSR count). The first-order valence-electron chi connectivity index (χ1n) is 15.3. The third-order valence-corrected chi connectivity index (χ3v) is 13.1. The molecule has 24 nitrogen and oxygen atoms in total. The van der Waals surface area contributed by atoms with Gasteiger partial charge in [0, 0.05) is 21.5 Å². The van der Waals surface area contributed by atoms with Crippen LogP contribution >= 0.6 is 0 Å². The highest BCUT2D eigenvalue weighted by molar-refractivity contribution is 7.91. The Labute approximate surface area is 333 Å². The van der Waals surface area contributed by atoms with Crippen LogP contribution in [0, 0.1) is 0 Å². The van der Waals surface area contributed by atoms with Gasteiger partial charge in [0.25, 0.3) is 40.5 Å². The van der Waals surface area contributed by atoms with Crippen molar-refractivity contribution in [3.63, 3.8) is 0 Å². The van der Waals surface area contributed by atoms with Crippen molar-refractivity contribution in [3.8, 4) is 5.75 Å². The Morgan fingerprint density at radius 3 is 1.76 bits per heavy atom. The highest BCUT2D eigenvalue weighted by Gasteiger charge is 2.27. The van der Waals surface area contributed by atoms with E-state index < -0.39 is 133 Å². The molecule has 316 valence electrons. The summed E-state index contributed by atoms with van der Waals surface area (Å²) >= 11 is 0. The van der Waals surface area contributed by atoms with Crippen LogP contribution in [0.5, 0.6) is 5.75 Å². The molecule has 0 saturated heterocycles. The topological polar surface area (TPSA) is 397 Å². The average Bonchev–Trinajstić information content (AvgIpc) is 3.10. The van der Waals surface area contributed by atoms with E-state index in [0.717, 1.165) is 66.7 Å². The summed E-state index contributed by atoms with van der Waals surface area (Å²) in [6.07, 6.45) is 0. The van der Waals surface area contributed by atoms with Gasteiger partial charge in [-0.05, 0) is 54.6 Å². The minimum atomic E-state index is -5.43. The Morgan fingerprint density at radius 2 is 1.19 bits per heavy atom. The smallest absolute Gasteiger partial charge is 0.397 e. The van der Waals surface area contributed by atoms with Crippen LogP contribution in [0.1, 0.15) is 0 Å². The zero-order valence-corrected chi connectivity index (χ0v) is 33.7. The van der Waals surface area contributed by atoms with Crippen molar-refractivity contribution < 1.29 is 82.6 Å². The number of nitrogens with zero attached hydrogens (tertiary/aromatic N) is 4. The number of fused-ring (bicyclic) bond motifs is 2. The van der Waals surface area contributed by atoms with Crippen LogP contribution in [0.2, 0.25) is 0 Å². The van der Waals surface area contributed by atoms with E-state index in [1.54, 1.807) is 0 Å². The fourth-order valence-corrected chi connectivity index (χ4v) is 9.29. The van der Waals surface area contributed by atoms with Crippen LogP contribution in [0.25, 0.3) is 21.5 Å². The summed E-state index contributed by atoms with van der Waals surface area (Å²) in [7, 11) is -29.5. The van der Waals surface area contributed by atoms with Crippen molar-refractivity contribution in [3.05, 3.63) is 72.8 Å². The predicted molar refractivity (Wildman–Crippen MR) is 203 cm³/mol. The van der Waals surface area contributed by atoms with E-state index in [-0.39, 0.29) is 21.7 Å². The second-order valence-corrected chi connectivity index (χ2v) is 20.5. The van der Waals surface area contributed by atoms with E-state index in [9.17, 15) is 73.8 Å². The lowest BCUT2D eigenvalue weighted by Gasteiger charge is -2.14. The number of nitrogens with one attached hydrogen (secondary N) is 1. The first kappa shape index (κ1) is 45.0. The number of anilines is 1. The summed E-state index contributed by atoms with van der Waals surface area (Å²) < 4.78 is 196. The van der Waals surface area contributed by atoms with E-state index in [2.05, 4.69) is 30.0 Å². The molecule has 0 spiro atoms. The van der Waals surface area contributed by atoms with Gasteiger partial charge in [-0.15, -0.1) is 15.3 Å². The standard InChI is InChI=1S/C29H25N5O19S6/c35-28-19-9-10-22(30-15-55(38,39)40)26(33-31-16-4-6-17(7-5-16)54(36,37)13-12-53-59(50,51)52)21(19)14-25(57(44,45)46)27(28)34-32-23-11-8-18-20(29(23)58(47,48)49)2-1-3-24(18)56(41,42)43/h1-11,14,30,35H,12-13,15H2,(H,38,39,40)(H,41,42,43)(H,44,45,46)(H,47,48,49)(H,50,51,52). The van der Waals surface area contributed by atoms with Crippen molar-refractivity contribution in [2.75, 3.05) is 23.6 Å². The molecule has 59 heavy (non-hydrogen) atoms. The van der Waals surface area contributed by atoms with E-state index >= 15 is 0 Å². The van der Waals surface area contributed by atoms with Gasteiger partial charge in [-0.25, -0.2) is 12.6 Å². The highest BCUT2D eigenvalue weighted by Crippen LogP contribution is 2.47. The lowest BCUT2D eigenvalue weighted by atomic mass is 10.1. The number of sulfone groups is 1. The van der Waals surface area contributed by atoms with Gasteiger partial charge in [-0.2, -0.15) is 47.2 Å². The summed E-state index contributed by atoms with van der Waals surface area (Å²) in [5, 5.41) is 27.2. The molecule has 0 fully saturated rings. The number of benzene rings is 5. The number of phenolic OH excluding ortho intramolecular Hbond substituents is 1. The molecule has 0 aliphatic heterocycles. The van der Waals surface area contributed by atoms with E-state index in [1.807, 2.05) is 0 Å². The Balaban J connectivity index is 1.67. The van der Waals surface area contributed by atoms with Crippen LogP contribution < -0.4 is 5.32 Å². The number of azo groups is 2. The van der Waals surface area contributed by atoms with Crippen LogP contribution in [-0.4, -0.2) is 96.6 Å². The zero-order valence-electron chi connectivity index (χ0n) is 28.8. The van der Waals surface area contributed by atoms with Crippen molar-refractivity contribution in [1.82, 2.24) is 0 Å². The van der Waals surface area contributed by atoms with Crippen LogP contribution in [0.4, 0.5) is 28.4 Å². The quantitative estimate of drug-likeness (QED) is 0.0573. The third kappa shape index (κ3) is 10.7. The van der Waals surface area contributed by atoms with Crippen molar-refractivity contribution in [2.24, 2.45) is 20.5 Å². The fraction of sp³-hybridized carbons (Fsp3) is 0.103. The zero-order chi connectivity index (χ0) is 43.9. The second-order valence-electron chi connectivity index (χ2n) is 11.7. The minimum Gasteiger partial charge on any atom is -0.505 e. The van der Waals surface area contributed by atoms with E-state index in [0.29, 0.717) is 6.07 Å². The Kier molecular flexibility index (Phi) is 12.3. The molecule has 5 aromatic carbocycles. The third-order valence-electron chi connectivity index (χ3n) is 7.72. The van der Waals surface area contributed by atoms with E-state index in [1.165, 1.54) is 0 Å². The van der Waals surface area contributed by atoms with Crippen molar-refractivity contribution in [2.45, 2.75) is 19.6 Å². The van der Waals surface area contributed by atoms with Crippen LogP contribution in [0.3, 0.4) is 0 Å². The molecule has 0 aromatic heterocycles. The molecule has 30 heteroatoms. The molecule has 0 saturated carbocycles. The Bertz CT molecular complexity index is 3290. The first-order chi connectivity index (χ1) is 27.1. The molecular formula is C29H25N5O19S6. The maximum atomic E-state index is 12.7. The summed E-state index contributed by atoms with van der Waals surface area (Å²) in [6, 6.07) is 11.8. The first-order valence-corrected chi connectivity index (χ1v) is 24.3. The minimum absolute atomic E-state index is 0.103. The summed E-state index contributed by atoms with van der Waals surface area (Å²) in [5.74, 6) is -3.09. The fourth-order valence-electron chi connectivity index (χ4n) is 5.28. The molecule has 0 heterocycles. The van der Waals surface area contributed by atoms with Gasteiger partial charge in [0.05, 0.1) is 28.6 Å². The number of hydrogen-bond acceptors (Lipinski definition) is 19. The van der Waals surface area contributed by atoms with Gasteiger partial charge in [0.15, 0.2) is 15.6 Å². The SMILES string of the molecule is O=S(=O)(O)CNc1ccc2c(O)c(N=Nc3ccc4c(S(=O)(=O)O)cccc4c3S(=O)(=O)O)c(S(=O)(=O)O)cc2c1N=Nc1ccc(S(=O)(=O)CCOS(=O)(=O)O)cc1. The molecule has 0 radical (unpaired) electrons. The molecule has 0 amide bonds. The Hall–Kier alpha value is -5.12. The van der Waals surface area contributed by atoms with Gasteiger partial charge in [-0.3, -0.25) is 22.8 Å². The maximum absolute atomic E-state index is 12.7. The number of hydrogen-bond donors (Lipinski definition) is 7. The van der Waals surface area contributed by atoms with Gasteiger partial charge in [-0.1, -0.05) is 18.2 Å². The van der Waals surface area contributed by atoms with Gasteiger partial charge in [0.1, 0.15) is 37.6 Å². The second kappa shape index (κ2) is 16.1. The molecular weight excluding hydrogens is 915 g/mol. The predicted octanol–water partition coefficient (Wildman–Crippen LogP) is 4.12. The maximum Gasteiger partial charge on any atom is 0.397 e. The molecule has 0 atom stereocenters. The molecule has 5 aromatic rings. The molecule has 0 aliphatic carbocycles. The van der Waals surface area contributed by atoms with Gasteiger partial charge < -0.3 is 10.4 Å². The van der Waals surface area contributed by atoms with Crippen molar-refractivity contribution >= 4 is 111 Å². The van der Waals surface area contributed by atoms with Gasteiger partial charge >= 0.3 is 10.4 Å². The number of phenols is 1. The van der Waals surface area contributed by atoms with Crippen LogP contribution in [0.15, 0.2) is 113 Å². The average molecular weight is 940 g/mol. The molecule has 0 aliphatic rings. The molecule has 0 bridgehead atoms. The lowest BCUT2D eigenvalue weighted by Crippen LogP contribution is -2.15. The summed E-state index contributed by atoms with van der Waals surface area (Å²) in [5.41, 5.74) is -2.64.